The normalized spacial score (nSPS) is 11.7. The number of hydrogen-bond donors (Lipinski definition) is 1. The SMILES string of the molecule is CC(C)c1nc2c(c(=O)n(CCN)c(=O)n2C)n1C. The molecule has 0 aliphatic heterocycles. The second-order valence-electron chi connectivity index (χ2n) is 4.94. The molecule has 0 fully saturated rings. The third-order valence-corrected chi connectivity index (χ3v) is 3.26. The average Bonchev–Trinajstić information content (AvgIpc) is 2.70. The van der Waals surface area contributed by atoms with Gasteiger partial charge in [-0.1, -0.05) is 13.8 Å². The van der Waals surface area contributed by atoms with E-state index in [0.29, 0.717) is 11.2 Å². The van der Waals surface area contributed by atoms with Crippen molar-refractivity contribution >= 4 is 11.2 Å². The Morgan fingerprint density at radius 1 is 1.21 bits per heavy atom. The van der Waals surface area contributed by atoms with Gasteiger partial charge in [-0.25, -0.2) is 9.78 Å². The first-order valence-corrected chi connectivity index (χ1v) is 6.26. The van der Waals surface area contributed by atoms with Crippen LogP contribution in [-0.4, -0.2) is 25.2 Å². The number of hydrogen-bond acceptors (Lipinski definition) is 4. The number of imidazole rings is 1. The predicted molar refractivity (Wildman–Crippen MR) is 73.4 cm³/mol. The van der Waals surface area contributed by atoms with Gasteiger partial charge in [-0.2, -0.15) is 0 Å². The van der Waals surface area contributed by atoms with Crippen molar-refractivity contribution in [2.24, 2.45) is 19.8 Å². The molecule has 104 valence electrons. The summed E-state index contributed by atoms with van der Waals surface area (Å²) in [6.07, 6.45) is 0. The molecule has 19 heavy (non-hydrogen) atoms. The van der Waals surface area contributed by atoms with Crippen LogP contribution >= 0.6 is 0 Å². The highest BCUT2D eigenvalue weighted by Gasteiger charge is 2.19. The van der Waals surface area contributed by atoms with Crippen molar-refractivity contribution in [3.05, 3.63) is 26.7 Å². The molecule has 0 unspecified atom stereocenters. The summed E-state index contributed by atoms with van der Waals surface area (Å²) in [6.45, 7) is 4.45. The van der Waals surface area contributed by atoms with Crippen LogP contribution in [0.1, 0.15) is 25.6 Å². The summed E-state index contributed by atoms with van der Waals surface area (Å²) >= 11 is 0. The van der Waals surface area contributed by atoms with Gasteiger partial charge in [0.1, 0.15) is 5.82 Å². The van der Waals surface area contributed by atoms with E-state index in [2.05, 4.69) is 4.98 Å². The van der Waals surface area contributed by atoms with Crippen molar-refractivity contribution in [3.8, 4) is 0 Å². The Morgan fingerprint density at radius 2 is 1.84 bits per heavy atom. The fraction of sp³-hybridized carbons (Fsp3) is 0.583. The lowest BCUT2D eigenvalue weighted by Crippen LogP contribution is -2.41. The lowest BCUT2D eigenvalue weighted by Gasteiger charge is -2.07. The highest BCUT2D eigenvalue weighted by atomic mass is 16.2. The molecule has 0 amide bonds. The Kier molecular flexibility index (Phi) is 3.32. The molecule has 0 aliphatic rings. The molecule has 0 radical (unpaired) electrons. The van der Waals surface area contributed by atoms with Crippen LogP contribution in [0.5, 0.6) is 0 Å². The van der Waals surface area contributed by atoms with Gasteiger partial charge in [0.05, 0.1) is 0 Å². The molecule has 2 heterocycles. The minimum Gasteiger partial charge on any atom is -0.329 e. The quantitative estimate of drug-likeness (QED) is 0.811. The molecule has 0 bridgehead atoms. The van der Waals surface area contributed by atoms with Gasteiger partial charge in [-0.3, -0.25) is 13.9 Å². The number of aromatic nitrogens is 4. The molecule has 0 aromatic carbocycles. The lowest BCUT2D eigenvalue weighted by molar-refractivity contribution is 0.609. The van der Waals surface area contributed by atoms with E-state index in [1.807, 2.05) is 13.8 Å². The second-order valence-corrected chi connectivity index (χ2v) is 4.94. The maximum atomic E-state index is 12.4. The van der Waals surface area contributed by atoms with Crippen molar-refractivity contribution in [3.63, 3.8) is 0 Å². The van der Waals surface area contributed by atoms with Crippen molar-refractivity contribution in [2.45, 2.75) is 26.3 Å². The van der Waals surface area contributed by atoms with Crippen LogP contribution in [0.15, 0.2) is 9.59 Å². The predicted octanol–water partition coefficient (Wildman–Crippen LogP) is -0.484. The van der Waals surface area contributed by atoms with Gasteiger partial charge in [0.25, 0.3) is 5.56 Å². The molecule has 0 atom stereocenters. The van der Waals surface area contributed by atoms with E-state index in [1.165, 1.54) is 4.57 Å². The Hall–Kier alpha value is -1.89. The van der Waals surface area contributed by atoms with Crippen LogP contribution in [0.4, 0.5) is 0 Å². The van der Waals surface area contributed by atoms with Crippen molar-refractivity contribution in [1.82, 2.24) is 18.7 Å². The smallest absolute Gasteiger partial charge is 0.329 e. The van der Waals surface area contributed by atoms with Gasteiger partial charge in [-0.15, -0.1) is 0 Å². The number of rotatable bonds is 3. The van der Waals surface area contributed by atoms with E-state index >= 15 is 0 Å². The summed E-state index contributed by atoms with van der Waals surface area (Å²) < 4.78 is 4.32. The maximum absolute atomic E-state index is 12.4. The van der Waals surface area contributed by atoms with Crippen molar-refractivity contribution in [1.29, 1.82) is 0 Å². The van der Waals surface area contributed by atoms with Gasteiger partial charge in [0, 0.05) is 33.1 Å². The highest BCUT2D eigenvalue weighted by molar-refractivity contribution is 5.71. The van der Waals surface area contributed by atoms with Crippen LogP contribution in [0.2, 0.25) is 0 Å². The van der Waals surface area contributed by atoms with Crippen molar-refractivity contribution < 1.29 is 0 Å². The minimum absolute atomic E-state index is 0.176. The largest absolute Gasteiger partial charge is 0.332 e. The molecule has 0 aliphatic carbocycles. The summed E-state index contributed by atoms with van der Waals surface area (Å²) in [5, 5.41) is 0. The summed E-state index contributed by atoms with van der Waals surface area (Å²) in [7, 11) is 3.41. The molecular weight excluding hydrogens is 246 g/mol. The van der Waals surface area contributed by atoms with Crippen LogP contribution in [0.25, 0.3) is 11.2 Å². The summed E-state index contributed by atoms with van der Waals surface area (Å²) in [4.78, 5) is 28.9. The Bertz CT molecular complexity index is 735. The minimum atomic E-state index is -0.378. The fourth-order valence-corrected chi connectivity index (χ4v) is 2.30. The van der Waals surface area contributed by atoms with E-state index in [1.54, 1.807) is 18.7 Å². The monoisotopic (exact) mass is 265 g/mol. The molecule has 2 aromatic rings. The average molecular weight is 265 g/mol. The first kappa shape index (κ1) is 13.5. The van der Waals surface area contributed by atoms with Crippen LogP contribution in [0, 0.1) is 0 Å². The summed E-state index contributed by atoms with van der Waals surface area (Å²) in [5.74, 6) is 0.961. The van der Waals surface area contributed by atoms with E-state index < -0.39 is 0 Å². The van der Waals surface area contributed by atoms with Gasteiger partial charge in [-0.05, 0) is 0 Å². The number of nitrogens with two attached hydrogens (primary N) is 1. The van der Waals surface area contributed by atoms with E-state index in [9.17, 15) is 9.59 Å². The number of nitrogens with zero attached hydrogens (tertiary/aromatic N) is 4. The molecule has 7 nitrogen and oxygen atoms in total. The van der Waals surface area contributed by atoms with E-state index in [4.69, 9.17) is 5.73 Å². The first-order valence-electron chi connectivity index (χ1n) is 6.26. The Labute approximate surface area is 110 Å². The van der Waals surface area contributed by atoms with Gasteiger partial charge < -0.3 is 10.3 Å². The molecule has 0 saturated heterocycles. The zero-order valence-electron chi connectivity index (χ0n) is 11.7. The van der Waals surface area contributed by atoms with E-state index in [-0.39, 0.29) is 30.3 Å². The van der Waals surface area contributed by atoms with Crippen LogP contribution < -0.4 is 17.0 Å². The summed E-state index contributed by atoms with van der Waals surface area (Å²) in [6, 6.07) is 0. The fourth-order valence-electron chi connectivity index (χ4n) is 2.30. The van der Waals surface area contributed by atoms with Crippen molar-refractivity contribution in [2.75, 3.05) is 6.54 Å². The molecule has 2 aromatic heterocycles. The Balaban J connectivity index is 2.96. The molecule has 2 rings (SSSR count). The molecule has 0 spiro atoms. The second kappa shape index (κ2) is 4.65. The summed E-state index contributed by atoms with van der Waals surface area (Å²) in [5.41, 5.74) is 5.62. The topological polar surface area (TPSA) is 87.8 Å². The number of fused-ring (bicyclic) bond motifs is 1. The van der Waals surface area contributed by atoms with Gasteiger partial charge in [0.2, 0.25) is 0 Å². The first-order chi connectivity index (χ1) is 8.90. The van der Waals surface area contributed by atoms with E-state index in [0.717, 1.165) is 10.4 Å². The zero-order valence-corrected chi connectivity index (χ0v) is 11.7. The molecule has 7 heteroatoms. The number of aryl methyl sites for hydroxylation is 2. The third-order valence-electron chi connectivity index (χ3n) is 3.26. The lowest BCUT2D eigenvalue weighted by atomic mass is 10.2. The molecule has 2 N–H and O–H groups in total. The third kappa shape index (κ3) is 1.90. The standard InChI is InChI=1S/C12H19N5O2/c1-7(2)9-14-10-8(15(9)3)11(18)17(6-5-13)12(19)16(10)4/h7H,5-6,13H2,1-4H3. The molecular formula is C12H19N5O2. The molecule has 0 saturated carbocycles. The van der Waals surface area contributed by atoms with Crippen LogP contribution in [0.3, 0.4) is 0 Å². The maximum Gasteiger partial charge on any atom is 0.332 e. The highest BCUT2D eigenvalue weighted by Crippen LogP contribution is 2.16. The Morgan fingerprint density at radius 3 is 2.37 bits per heavy atom. The van der Waals surface area contributed by atoms with Gasteiger partial charge in [0.15, 0.2) is 11.2 Å². The van der Waals surface area contributed by atoms with Gasteiger partial charge >= 0.3 is 5.69 Å². The zero-order chi connectivity index (χ0) is 14.3. The van der Waals surface area contributed by atoms with Crippen LogP contribution in [-0.2, 0) is 20.6 Å².